The fraction of sp³-hybridized carbons (Fsp3) is 0.176. The number of nitrogens with one attached hydrogen (secondary N) is 2. The van der Waals surface area contributed by atoms with Gasteiger partial charge in [-0.15, -0.1) is 0 Å². The Kier molecular flexibility index (Phi) is 5.19. The lowest BCUT2D eigenvalue weighted by molar-refractivity contribution is -0.117. The van der Waals surface area contributed by atoms with Crippen LogP contribution in [-0.4, -0.2) is 23.5 Å². The molecule has 0 aliphatic carbocycles. The number of aryl methyl sites for hydroxylation is 2. The Balaban J connectivity index is 1.96. The van der Waals surface area contributed by atoms with Crippen molar-refractivity contribution in [3.8, 4) is 5.75 Å². The van der Waals surface area contributed by atoms with Crippen LogP contribution >= 0.6 is 0 Å². The number of carbonyl (C=O) groups excluding carboxylic acids is 2. The van der Waals surface area contributed by atoms with Crippen molar-refractivity contribution in [3.05, 3.63) is 59.4 Å². The van der Waals surface area contributed by atoms with Gasteiger partial charge in [0.15, 0.2) is 0 Å². The maximum atomic E-state index is 11.9. The van der Waals surface area contributed by atoms with E-state index in [-0.39, 0.29) is 5.91 Å². The van der Waals surface area contributed by atoms with Gasteiger partial charge in [-0.1, -0.05) is 11.6 Å². The highest BCUT2D eigenvalue weighted by molar-refractivity contribution is 5.97. The van der Waals surface area contributed by atoms with Gasteiger partial charge in [0.25, 0.3) is 11.8 Å². The lowest BCUT2D eigenvalue weighted by Crippen LogP contribution is -2.41. The van der Waals surface area contributed by atoms with Crippen LogP contribution in [0.2, 0.25) is 0 Å². The summed E-state index contributed by atoms with van der Waals surface area (Å²) in [6, 6.07) is 9.08. The maximum absolute atomic E-state index is 11.9. The zero-order chi connectivity index (χ0) is 16.8. The Labute approximate surface area is 134 Å². The lowest BCUT2D eigenvalue weighted by atomic mass is 10.1. The third kappa shape index (κ3) is 4.23. The Hall–Kier alpha value is -3.02. The van der Waals surface area contributed by atoms with Crippen molar-refractivity contribution in [1.82, 2.24) is 15.4 Å². The molecule has 0 unspecified atom stereocenters. The van der Waals surface area contributed by atoms with Gasteiger partial charge in [-0.2, -0.15) is 0 Å². The first kappa shape index (κ1) is 16.4. The minimum atomic E-state index is -0.434. The van der Waals surface area contributed by atoms with Gasteiger partial charge in [0, 0.05) is 24.9 Å². The van der Waals surface area contributed by atoms with Crippen LogP contribution in [0.3, 0.4) is 0 Å². The molecule has 23 heavy (non-hydrogen) atoms. The number of carbonyl (C=O) groups is 2. The first-order valence-electron chi connectivity index (χ1n) is 7.05. The molecular weight excluding hydrogens is 294 g/mol. The fourth-order valence-corrected chi connectivity index (χ4v) is 2.07. The molecule has 0 radical (unpaired) electrons. The second kappa shape index (κ2) is 7.31. The minimum absolute atomic E-state index is 0.382. The standard InChI is InChI=1S/C17H19N3O3/c1-12-6-8-15(23-3)13(11-12)7-9-16(21)18-19-17(22)14-5-4-10-20(14)2/h4-11H,1-3H3,(H,18,21)(H,19,22)/b9-7+. The van der Waals surface area contributed by atoms with Crippen molar-refractivity contribution in [2.75, 3.05) is 7.11 Å². The summed E-state index contributed by atoms with van der Waals surface area (Å²) in [7, 11) is 3.32. The summed E-state index contributed by atoms with van der Waals surface area (Å²) in [5.41, 5.74) is 7.00. The zero-order valence-corrected chi connectivity index (χ0v) is 13.3. The highest BCUT2D eigenvalue weighted by Gasteiger charge is 2.08. The molecule has 0 aliphatic rings. The van der Waals surface area contributed by atoms with E-state index >= 15 is 0 Å². The molecule has 1 aromatic heterocycles. The number of amides is 2. The van der Waals surface area contributed by atoms with Gasteiger partial charge in [0.05, 0.1) is 7.11 Å². The van der Waals surface area contributed by atoms with Crippen molar-refractivity contribution >= 4 is 17.9 Å². The Bertz CT molecular complexity index is 747. The molecule has 2 rings (SSSR count). The SMILES string of the molecule is COc1ccc(C)cc1/C=C/C(=O)NNC(=O)c1cccn1C. The molecule has 2 aromatic rings. The molecule has 120 valence electrons. The first-order valence-corrected chi connectivity index (χ1v) is 7.05. The summed E-state index contributed by atoms with van der Waals surface area (Å²) in [5, 5.41) is 0. The van der Waals surface area contributed by atoms with E-state index in [2.05, 4.69) is 10.9 Å². The Morgan fingerprint density at radius 2 is 2.00 bits per heavy atom. The highest BCUT2D eigenvalue weighted by Crippen LogP contribution is 2.20. The quantitative estimate of drug-likeness (QED) is 0.668. The summed E-state index contributed by atoms with van der Waals surface area (Å²) >= 11 is 0. The van der Waals surface area contributed by atoms with Crippen LogP contribution in [0.25, 0.3) is 6.08 Å². The second-order valence-electron chi connectivity index (χ2n) is 5.03. The molecule has 1 aromatic carbocycles. The van der Waals surface area contributed by atoms with E-state index in [1.807, 2.05) is 25.1 Å². The van der Waals surface area contributed by atoms with Crippen molar-refractivity contribution in [2.45, 2.75) is 6.92 Å². The summed E-state index contributed by atoms with van der Waals surface area (Å²) < 4.78 is 6.90. The van der Waals surface area contributed by atoms with E-state index in [4.69, 9.17) is 4.74 Å². The van der Waals surface area contributed by atoms with E-state index in [0.29, 0.717) is 11.4 Å². The third-order valence-electron chi connectivity index (χ3n) is 3.28. The zero-order valence-electron chi connectivity index (χ0n) is 13.3. The van der Waals surface area contributed by atoms with Crippen LogP contribution in [0.1, 0.15) is 21.6 Å². The van der Waals surface area contributed by atoms with E-state index in [0.717, 1.165) is 11.1 Å². The molecule has 0 saturated carbocycles. The number of nitrogens with zero attached hydrogens (tertiary/aromatic N) is 1. The molecule has 0 fully saturated rings. The van der Waals surface area contributed by atoms with Gasteiger partial charge in [-0.25, -0.2) is 0 Å². The van der Waals surface area contributed by atoms with Crippen LogP contribution < -0.4 is 15.6 Å². The first-order chi connectivity index (χ1) is 11.0. The molecule has 0 aliphatic heterocycles. The van der Waals surface area contributed by atoms with E-state index < -0.39 is 5.91 Å². The molecule has 0 saturated heterocycles. The summed E-state index contributed by atoms with van der Waals surface area (Å²) in [4.78, 5) is 23.7. The van der Waals surface area contributed by atoms with E-state index in [1.165, 1.54) is 6.08 Å². The number of aromatic nitrogens is 1. The number of rotatable bonds is 4. The van der Waals surface area contributed by atoms with Crippen molar-refractivity contribution < 1.29 is 14.3 Å². The van der Waals surface area contributed by atoms with Gasteiger partial charge in [-0.05, 0) is 37.3 Å². The Morgan fingerprint density at radius 1 is 1.22 bits per heavy atom. The average molecular weight is 313 g/mol. The number of methoxy groups -OCH3 is 1. The van der Waals surface area contributed by atoms with Gasteiger partial charge in [-0.3, -0.25) is 20.4 Å². The fourth-order valence-electron chi connectivity index (χ4n) is 2.07. The Morgan fingerprint density at radius 3 is 2.65 bits per heavy atom. The molecular formula is C17H19N3O3. The molecule has 6 nitrogen and oxygen atoms in total. The topological polar surface area (TPSA) is 72.4 Å². The van der Waals surface area contributed by atoms with Gasteiger partial charge in [0.2, 0.25) is 0 Å². The summed E-state index contributed by atoms with van der Waals surface area (Å²) in [6.07, 6.45) is 4.72. The predicted octanol–water partition coefficient (Wildman–Crippen LogP) is 1.82. The monoisotopic (exact) mass is 313 g/mol. The number of hydrogen-bond donors (Lipinski definition) is 2. The van der Waals surface area contributed by atoms with Crippen LogP contribution in [-0.2, 0) is 11.8 Å². The molecule has 2 N–H and O–H groups in total. The smallest absolute Gasteiger partial charge is 0.286 e. The highest BCUT2D eigenvalue weighted by atomic mass is 16.5. The molecule has 2 amide bonds. The third-order valence-corrected chi connectivity index (χ3v) is 3.28. The van der Waals surface area contributed by atoms with Crippen molar-refractivity contribution in [1.29, 1.82) is 0 Å². The van der Waals surface area contributed by atoms with Gasteiger partial charge < -0.3 is 9.30 Å². The van der Waals surface area contributed by atoms with Crippen LogP contribution in [0.5, 0.6) is 5.75 Å². The predicted molar refractivity (Wildman–Crippen MR) is 87.8 cm³/mol. The molecule has 0 spiro atoms. The van der Waals surface area contributed by atoms with Crippen molar-refractivity contribution in [2.24, 2.45) is 7.05 Å². The maximum Gasteiger partial charge on any atom is 0.286 e. The van der Waals surface area contributed by atoms with Crippen molar-refractivity contribution in [3.63, 3.8) is 0 Å². The number of benzene rings is 1. The molecule has 6 heteroatoms. The van der Waals surface area contributed by atoms with Gasteiger partial charge in [0.1, 0.15) is 11.4 Å². The minimum Gasteiger partial charge on any atom is -0.496 e. The summed E-state index contributed by atoms with van der Waals surface area (Å²) in [6.45, 7) is 1.96. The van der Waals surface area contributed by atoms with E-state index in [1.54, 1.807) is 43.1 Å². The summed E-state index contributed by atoms with van der Waals surface area (Å²) in [5.74, 6) is -0.143. The van der Waals surface area contributed by atoms with Crippen LogP contribution in [0, 0.1) is 6.92 Å². The number of hydrogen-bond acceptors (Lipinski definition) is 3. The van der Waals surface area contributed by atoms with Gasteiger partial charge >= 0.3 is 0 Å². The van der Waals surface area contributed by atoms with E-state index in [9.17, 15) is 9.59 Å². The van der Waals surface area contributed by atoms with Crippen LogP contribution in [0.15, 0.2) is 42.6 Å². The largest absolute Gasteiger partial charge is 0.496 e. The molecule has 0 bridgehead atoms. The number of ether oxygens (including phenoxy) is 1. The number of hydrazine groups is 1. The average Bonchev–Trinajstić information content (AvgIpc) is 2.97. The molecule has 0 atom stereocenters. The molecule has 1 heterocycles. The van der Waals surface area contributed by atoms with Crippen LogP contribution in [0.4, 0.5) is 0 Å². The normalized spacial score (nSPS) is 10.6. The second-order valence-corrected chi connectivity index (χ2v) is 5.03. The lowest BCUT2D eigenvalue weighted by Gasteiger charge is -2.07.